The molecule has 0 aromatic heterocycles. The zero-order chi connectivity index (χ0) is 19.7. The first-order valence-electron chi connectivity index (χ1n) is 8.64. The van der Waals surface area contributed by atoms with E-state index >= 15 is 0 Å². The summed E-state index contributed by atoms with van der Waals surface area (Å²) >= 11 is 0. The van der Waals surface area contributed by atoms with E-state index in [-0.39, 0.29) is 27.1 Å². The Morgan fingerprint density at radius 3 is 2.11 bits per heavy atom. The number of rotatable bonds is 4. The van der Waals surface area contributed by atoms with Crippen LogP contribution in [-0.4, -0.2) is 14.3 Å². The molecule has 1 aliphatic heterocycles. The second kappa shape index (κ2) is 7.05. The average molecular weight is 393 g/mol. The van der Waals surface area contributed by atoms with Crippen molar-refractivity contribution in [1.29, 1.82) is 0 Å². The van der Waals surface area contributed by atoms with E-state index in [0.717, 1.165) is 11.1 Å². The fourth-order valence-electron chi connectivity index (χ4n) is 3.12. The van der Waals surface area contributed by atoms with Gasteiger partial charge in [-0.15, -0.1) is 0 Å². The number of carbonyl (C=O) groups excluding carboxylic acids is 1. The summed E-state index contributed by atoms with van der Waals surface area (Å²) in [5, 5.41) is 2.66. The quantitative estimate of drug-likeness (QED) is 0.680. The van der Waals surface area contributed by atoms with Crippen LogP contribution >= 0.6 is 0 Å². The van der Waals surface area contributed by atoms with Crippen molar-refractivity contribution < 1.29 is 17.6 Å². The van der Waals surface area contributed by atoms with Crippen molar-refractivity contribution in [2.45, 2.75) is 16.3 Å². The molecular weight excluding hydrogens is 377 g/mol. The van der Waals surface area contributed by atoms with Crippen LogP contribution < -0.4 is 5.32 Å². The van der Waals surface area contributed by atoms with Gasteiger partial charge in [-0.05, 0) is 47.0 Å². The summed E-state index contributed by atoms with van der Waals surface area (Å²) in [6.45, 7) is 0.338. The van der Waals surface area contributed by atoms with Gasteiger partial charge in [0.2, 0.25) is 9.84 Å². The van der Waals surface area contributed by atoms with Gasteiger partial charge in [0.05, 0.1) is 15.4 Å². The van der Waals surface area contributed by atoms with Gasteiger partial charge >= 0.3 is 0 Å². The second-order valence-corrected chi connectivity index (χ2v) is 8.35. The van der Waals surface area contributed by atoms with E-state index in [2.05, 4.69) is 5.32 Å². The van der Waals surface area contributed by atoms with Gasteiger partial charge in [-0.1, -0.05) is 48.6 Å². The number of hydrogen-bond acceptors (Lipinski definition) is 3. The van der Waals surface area contributed by atoms with Gasteiger partial charge in [0.15, 0.2) is 0 Å². The third-order valence-electron chi connectivity index (χ3n) is 4.60. The molecule has 0 atom stereocenters. The van der Waals surface area contributed by atoms with Gasteiger partial charge in [0, 0.05) is 6.54 Å². The molecule has 3 aromatic rings. The summed E-state index contributed by atoms with van der Waals surface area (Å²) in [7, 11) is -3.81. The molecular formula is C22H16FNO3S. The smallest absolute Gasteiger partial charge is 0.253 e. The fourth-order valence-corrected chi connectivity index (χ4v) is 4.62. The molecule has 0 radical (unpaired) electrons. The predicted octanol–water partition coefficient (Wildman–Crippen LogP) is 4.07. The van der Waals surface area contributed by atoms with E-state index in [1.165, 1.54) is 30.3 Å². The van der Waals surface area contributed by atoms with Crippen LogP contribution in [0.25, 0.3) is 12.2 Å². The minimum absolute atomic E-state index is 0.0228. The highest BCUT2D eigenvalue weighted by atomic mass is 32.2. The molecule has 4 nitrogen and oxygen atoms in total. The molecule has 1 aliphatic rings. The molecule has 140 valence electrons. The molecule has 1 heterocycles. The van der Waals surface area contributed by atoms with Crippen LogP contribution in [0.15, 0.2) is 76.5 Å². The topological polar surface area (TPSA) is 63.2 Å². The molecule has 3 aromatic carbocycles. The number of sulfone groups is 1. The van der Waals surface area contributed by atoms with Crippen LogP contribution in [-0.2, 0) is 16.4 Å². The highest BCUT2D eigenvalue weighted by molar-refractivity contribution is 7.91. The molecule has 1 amide bonds. The monoisotopic (exact) mass is 393 g/mol. The van der Waals surface area contributed by atoms with Gasteiger partial charge in [-0.2, -0.15) is 0 Å². The first kappa shape index (κ1) is 18.1. The van der Waals surface area contributed by atoms with E-state index in [4.69, 9.17) is 0 Å². The Balaban J connectivity index is 1.63. The Kier molecular flexibility index (Phi) is 4.57. The Morgan fingerprint density at radius 2 is 1.46 bits per heavy atom. The number of nitrogens with one attached hydrogen (secondary N) is 1. The van der Waals surface area contributed by atoms with Crippen molar-refractivity contribution in [3.05, 3.63) is 94.8 Å². The van der Waals surface area contributed by atoms with Crippen LogP contribution in [0.1, 0.15) is 27.0 Å². The third kappa shape index (κ3) is 3.34. The molecule has 0 aliphatic carbocycles. The molecule has 0 unspecified atom stereocenters. The zero-order valence-corrected chi connectivity index (χ0v) is 15.5. The fraction of sp³-hybridized carbons (Fsp3) is 0.0455. The molecule has 0 bridgehead atoms. The lowest BCUT2D eigenvalue weighted by Gasteiger charge is -2.08. The molecule has 1 N–H and O–H groups in total. The molecule has 0 saturated carbocycles. The number of carbonyl (C=O) groups is 1. The van der Waals surface area contributed by atoms with Crippen LogP contribution in [0.3, 0.4) is 0 Å². The lowest BCUT2D eigenvalue weighted by atomic mass is 10.1. The number of fused-ring (bicyclic) bond motifs is 1. The first-order chi connectivity index (χ1) is 13.4. The van der Waals surface area contributed by atoms with Crippen molar-refractivity contribution in [3.8, 4) is 0 Å². The third-order valence-corrected chi connectivity index (χ3v) is 6.41. The van der Waals surface area contributed by atoms with Gasteiger partial charge in [0.25, 0.3) is 5.91 Å². The minimum atomic E-state index is -3.81. The van der Waals surface area contributed by atoms with Crippen LogP contribution in [0.5, 0.6) is 0 Å². The van der Waals surface area contributed by atoms with Crippen molar-refractivity contribution in [3.63, 3.8) is 0 Å². The van der Waals surface area contributed by atoms with Crippen molar-refractivity contribution in [2.24, 2.45) is 0 Å². The Hall–Kier alpha value is -3.25. The Bertz CT molecular complexity index is 1180. The SMILES string of the molecule is O=C1NCc2cccc(S(=O)(=O)c3ccc(/C=C/c4ccc(F)cc4)cc3)c21. The second-order valence-electron chi connectivity index (χ2n) is 6.43. The van der Waals surface area contributed by atoms with Gasteiger partial charge in [-0.25, -0.2) is 12.8 Å². The summed E-state index contributed by atoms with van der Waals surface area (Å²) in [6.07, 6.45) is 3.63. The maximum absolute atomic E-state index is 13.0. The average Bonchev–Trinajstić information content (AvgIpc) is 3.09. The Morgan fingerprint density at radius 1 is 0.857 bits per heavy atom. The van der Waals surface area contributed by atoms with Gasteiger partial charge in [-0.3, -0.25) is 4.79 Å². The standard InChI is InChI=1S/C22H16FNO3S/c23-18-10-6-15(7-11-18)4-5-16-8-12-19(13-9-16)28(26,27)20-3-1-2-17-14-24-22(25)21(17)20/h1-13H,14H2,(H,24,25)/b5-4+. The van der Waals surface area contributed by atoms with E-state index in [9.17, 15) is 17.6 Å². The van der Waals surface area contributed by atoms with E-state index in [0.29, 0.717) is 12.1 Å². The summed E-state index contributed by atoms with van der Waals surface area (Å²) < 4.78 is 39.0. The lowest BCUT2D eigenvalue weighted by molar-refractivity contribution is 0.0963. The summed E-state index contributed by atoms with van der Waals surface area (Å²) in [4.78, 5) is 12.2. The van der Waals surface area contributed by atoms with Crippen molar-refractivity contribution in [2.75, 3.05) is 0 Å². The molecule has 28 heavy (non-hydrogen) atoms. The first-order valence-corrected chi connectivity index (χ1v) is 10.1. The van der Waals surface area contributed by atoms with Crippen molar-refractivity contribution in [1.82, 2.24) is 5.32 Å². The lowest BCUT2D eigenvalue weighted by Crippen LogP contribution is -2.15. The maximum atomic E-state index is 13.0. The number of hydrogen-bond donors (Lipinski definition) is 1. The van der Waals surface area contributed by atoms with Crippen LogP contribution in [0.4, 0.5) is 4.39 Å². The van der Waals surface area contributed by atoms with E-state index in [1.807, 2.05) is 12.2 Å². The van der Waals surface area contributed by atoms with Gasteiger partial charge in [0.1, 0.15) is 5.82 Å². The van der Waals surface area contributed by atoms with Crippen molar-refractivity contribution >= 4 is 27.9 Å². The zero-order valence-electron chi connectivity index (χ0n) is 14.7. The maximum Gasteiger partial charge on any atom is 0.253 e. The summed E-state index contributed by atoms with van der Waals surface area (Å²) in [5.41, 5.74) is 2.55. The minimum Gasteiger partial charge on any atom is -0.348 e. The van der Waals surface area contributed by atoms with E-state index in [1.54, 1.807) is 36.4 Å². The Labute approximate surface area is 162 Å². The predicted molar refractivity (Wildman–Crippen MR) is 105 cm³/mol. The number of amides is 1. The summed E-state index contributed by atoms with van der Waals surface area (Å²) in [6, 6.07) is 17.3. The molecule has 4 rings (SSSR count). The van der Waals surface area contributed by atoms with Crippen LogP contribution in [0.2, 0.25) is 0 Å². The molecule has 0 fully saturated rings. The van der Waals surface area contributed by atoms with Gasteiger partial charge < -0.3 is 5.32 Å². The molecule has 0 spiro atoms. The largest absolute Gasteiger partial charge is 0.348 e. The highest BCUT2D eigenvalue weighted by Crippen LogP contribution is 2.29. The molecule has 6 heteroatoms. The number of halogens is 1. The van der Waals surface area contributed by atoms with E-state index < -0.39 is 9.84 Å². The van der Waals surface area contributed by atoms with Crippen LogP contribution in [0, 0.1) is 5.82 Å². The normalized spacial score (nSPS) is 13.5. The molecule has 0 saturated heterocycles. The summed E-state index contributed by atoms with van der Waals surface area (Å²) in [5.74, 6) is -0.666. The highest BCUT2D eigenvalue weighted by Gasteiger charge is 2.29. The number of benzene rings is 3.